The van der Waals surface area contributed by atoms with Crippen molar-refractivity contribution in [2.45, 2.75) is 18.8 Å². The Labute approximate surface area is 150 Å². The molecule has 1 aliphatic heterocycles. The first kappa shape index (κ1) is 16.0. The van der Waals surface area contributed by atoms with E-state index in [2.05, 4.69) is 33.4 Å². The van der Waals surface area contributed by atoms with Crippen molar-refractivity contribution in [3.63, 3.8) is 0 Å². The fourth-order valence-corrected chi connectivity index (χ4v) is 4.50. The van der Waals surface area contributed by atoms with Gasteiger partial charge in [-0.25, -0.2) is 9.97 Å². The SMILES string of the molecule is CNC(=O)c1cccnc1N1CCC(c2nc3ccccc3s2)CC1. The van der Waals surface area contributed by atoms with Crippen molar-refractivity contribution in [3.8, 4) is 0 Å². The Morgan fingerprint density at radius 1 is 1.20 bits per heavy atom. The van der Waals surface area contributed by atoms with E-state index in [4.69, 9.17) is 4.98 Å². The third kappa shape index (κ3) is 3.09. The fraction of sp³-hybridized carbons (Fsp3) is 0.316. The Bertz CT molecular complexity index is 866. The van der Waals surface area contributed by atoms with Crippen molar-refractivity contribution in [2.75, 3.05) is 25.0 Å². The maximum absolute atomic E-state index is 12.1. The first-order chi connectivity index (χ1) is 12.3. The van der Waals surface area contributed by atoms with Gasteiger partial charge in [-0.05, 0) is 37.1 Å². The molecule has 1 N–H and O–H groups in total. The number of carbonyl (C=O) groups excluding carboxylic acids is 1. The molecule has 25 heavy (non-hydrogen) atoms. The van der Waals surface area contributed by atoms with Crippen LogP contribution in [-0.2, 0) is 0 Å². The van der Waals surface area contributed by atoms with Crippen LogP contribution in [0.1, 0.15) is 34.1 Å². The quantitative estimate of drug-likeness (QED) is 0.784. The molecule has 2 aromatic heterocycles. The van der Waals surface area contributed by atoms with E-state index in [9.17, 15) is 4.79 Å². The molecule has 128 valence electrons. The lowest BCUT2D eigenvalue weighted by atomic mass is 9.97. The molecule has 3 heterocycles. The van der Waals surface area contributed by atoms with Crippen LogP contribution in [0.5, 0.6) is 0 Å². The molecule has 0 radical (unpaired) electrons. The van der Waals surface area contributed by atoms with E-state index < -0.39 is 0 Å². The Hall–Kier alpha value is -2.47. The van der Waals surface area contributed by atoms with Gasteiger partial charge >= 0.3 is 0 Å². The summed E-state index contributed by atoms with van der Waals surface area (Å²) in [4.78, 5) is 23.6. The molecule has 1 fully saturated rings. The van der Waals surface area contributed by atoms with Crippen LogP contribution >= 0.6 is 11.3 Å². The van der Waals surface area contributed by atoms with Gasteiger partial charge in [0, 0.05) is 32.3 Å². The largest absolute Gasteiger partial charge is 0.356 e. The summed E-state index contributed by atoms with van der Waals surface area (Å²) in [7, 11) is 1.65. The van der Waals surface area contributed by atoms with Crippen LogP contribution in [0.4, 0.5) is 5.82 Å². The molecule has 1 saturated heterocycles. The number of anilines is 1. The zero-order valence-electron chi connectivity index (χ0n) is 14.1. The Balaban J connectivity index is 1.51. The zero-order valence-corrected chi connectivity index (χ0v) is 14.9. The number of thiazole rings is 1. The summed E-state index contributed by atoms with van der Waals surface area (Å²) in [6.07, 6.45) is 3.81. The minimum atomic E-state index is -0.0867. The summed E-state index contributed by atoms with van der Waals surface area (Å²) in [6.45, 7) is 1.78. The minimum Gasteiger partial charge on any atom is -0.356 e. The van der Waals surface area contributed by atoms with Gasteiger partial charge in [-0.15, -0.1) is 11.3 Å². The third-order valence-corrected chi connectivity index (χ3v) is 5.91. The van der Waals surface area contributed by atoms with E-state index >= 15 is 0 Å². The van der Waals surface area contributed by atoms with E-state index in [1.54, 1.807) is 24.6 Å². The average molecular weight is 352 g/mol. The standard InChI is InChI=1S/C19H20N4OS/c1-20-18(24)14-5-4-10-21-17(14)23-11-8-13(9-12-23)19-22-15-6-2-3-7-16(15)25-19/h2-7,10,13H,8-9,11-12H2,1H3,(H,20,24). The maximum Gasteiger partial charge on any atom is 0.254 e. The number of nitrogens with one attached hydrogen (secondary N) is 1. The fourth-order valence-electron chi connectivity index (χ4n) is 3.36. The number of piperidine rings is 1. The first-order valence-corrected chi connectivity index (χ1v) is 9.35. The monoisotopic (exact) mass is 352 g/mol. The molecule has 0 atom stereocenters. The molecule has 0 unspecified atom stereocenters. The Morgan fingerprint density at radius 3 is 2.76 bits per heavy atom. The number of aromatic nitrogens is 2. The minimum absolute atomic E-state index is 0.0867. The van der Waals surface area contributed by atoms with Gasteiger partial charge in [0.15, 0.2) is 0 Å². The molecule has 1 aliphatic rings. The normalized spacial score (nSPS) is 15.5. The van der Waals surface area contributed by atoms with Crippen molar-refractivity contribution in [1.82, 2.24) is 15.3 Å². The van der Waals surface area contributed by atoms with Crippen LogP contribution in [0.2, 0.25) is 0 Å². The van der Waals surface area contributed by atoms with E-state index in [1.807, 2.05) is 18.2 Å². The van der Waals surface area contributed by atoms with Crippen LogP contribution in [0.25, 0.3) is 10.2 Å². The van der Waals surface area contributed by atoms with E-state index in [1.165, 1.54) is 9.71 Å². The van der Waals surface area contributed by atoms with Crippen molar-refractivity contribution in [1.29, 1.82) is 0 Å². The number of benzene rings is 1. The lowest BCUT2D eigenvalue weighted by Gasteiger charge is -2.32. The van der Waals surface area contributed by atoms with Crippen molar-refractivity contribution >= 4 is 33.3 Å². The van der Waals surface area contributed by atoms with Crippen LogP contribution in [0.15, 0.2) is 42.6 Å². The van der Waals surface area contributed by atoms with E-state index in [0.717, 1.165) is 37.3 Å². The maximum atomic E-state index is 12.1. The Morgan fingerprint density at radius 2 is 2.00 bits per heavy atom. The molecule has 1 aromatic carbocycles. The lowest BCUT2D eigenvalue weighted by Crippen LogP contribution is -2.35. The first-order valence-electron chi connectivity index (χ1n) is 8.54. The molecule has 3 aromatic rings. The van der Waals surface area contributed by atoms with E-state index in [0.29, 0.717) is 11.5 Å². The van der Waals surface area contributed by atoms with Gasteiger partial charge in [0.25, 0.3) is 5.91 Å². The molecular weight excluding hydrogens is 332 g/mol. The summed E-state index contributed by atoms with van der Waals surface area (Å²) >= 11 is 1.80. The van der Waals surface area contributed by atoms with Gasteiger partial charge in [-0.1, -0.05) is 12.1 Å². The van der Waals surface area contributed by atoms with Gasteiger partial charge in [-0.2, -0.15) is 0 Å². The van der Waals surface area contributed by atoms with Gasteiger partial charge in [-0.3, -0.25) is 4.79 Å². The zero-order chi connectivity index (χ0) is 17.2. The number of nitrogens with zero attached hydrogens (tertiary/aromatic N) is 3. The number of rotatable bonds is 3. The number of amides is 1. The molecule has 5 nitrogen and oxygen atoms in total. The van der Waals surface area contributed by atoms with Gasteiger partial charge in [0.2, 0.25) is 0 Å². The second-order valence-electron chi connectivity index (χ2n) is 6.23. The van der Waals surface area contributed by atoms with Crippen LogP contribution in [0, 0.1) is 0 Å². The predicted octanol–water partition coefficient (Wildman–Crippen LogP) is 3.43. The highest BCUT2D eigenvalue weighted by Gasteiger charge is 2.26. The summed E-state index contributed by atoms with van der Waals surface area (Å²) < 4.78 is 1.26. The van der Waals surface area contributed by atoms with Gasteiger partial charge in [0.1, 0.15) is 5.82 Å². The smallest absolute Gasteiger partial charge is 0.254 e. The predicted molar refractivity (Wildman–Crippen MR) is 101 cm³/mol. The number of hydrogen-bond acceptors (Lipinski definition) is 5. The topological polar surface area (TPSA) is 58.1 Å². The summed E-state index contributed by atoms with van der Waals surface area (Å²) in [5, 5.41) is 3.93. The molecule has 1 amide bonds. The second-order valence-corrected chi connectivity index (χ2v) is 7.30. The number of carbonyl (C=O) groups is 1. The van der Waals surface area contributed by atoms with Crippen molar-refractivity contribution in [2.24, 2.45) is 0 Å². The van der Waals surface area contributed by atoms with Crippen molar-refractivity contribution in [3.05, 3.63) is 53.2 Å². The highest BCUT2D eigenvalue weighted by Crippen LogP contribution is 2.35. The number of fused-ring (bicyclic) bond motifs is 1. The summed E-state index contributed by atoms with van der Waals surface area (Å²) in [6, 6.07) is 12.0. The molecule has 6 heteroatoms. The molecule has 0 saturated carbocycles. The number of para-hydroxylation sites is 1. The third-order valence-electron chi connectivity index (χ3n) is 4.71. The van der Waals surface area contributed by atoms with Crippen LogP contribution < -0.4 is 10.2 Å². The molecule has 0 bridgehead atoms. The van der Waals surface area contributed by atoms with Crippen molar-refractivity contribution < 1.29 is 4.79 Å². The number of pyridine rings is 1. The number of hydrogen-bond donors (Lipinski definition) is 1. The van der Waals surface area contributed by atoms with Crippen LogP contribution in [-0.4, -0.2) is 36.0 Å². The van der Waals surface area contributed by atoms with E-state index in [-0.39, 0.29) is 5.91 Å². The second kappa shape index (κ2) is 6.80. The van der Waals surface area contributed by atoms with Gasteiger partial charge < -0.3 is 10.2 Å². The van der Waals surface area contributed by atoms with Gasteiger partial charge in [0.05, 0.1) is 20.8 Å². The molecular formula is C19H20N4OS. The molecule has 0 spiro atoms. The summed E-state index contributed by atoms with van der Waals surface area (Å²) in [5.41, 5.74) is 1.74. The average Bonchev–Trinajstić information content (AvgIpc) is 3.12. The highest BCUT2D eigenvalue weighted by molar-refractivity contribution is 7.18. The lowest BCUT2D eigenvalue weighted by molar-refractivity contribution is 0.0963. The molecule has 0 aliphatic carbocycles. The summed E-state index contributed by atoms with van der Waals surface area (Å²) in [5.74, 6) is 1.18. The Kier molecular flexibility index (Phi) is 4.36. The highest BCUT2D eigenvalue weighted by atomic mass is 32.1. The van der Waals surface area contributed by atoms with Crippen LogP contribution in [0.3, 0.4) is 0 Å². The molecule has 4 rings (SSSR count).